The maximum atomic E-state index is 12.4. The molecule has 0 atom stereocenters. The van der Waals surface area contributed by atoms with Crippen LogP contribution in [0.3, 0.4) is 0 Å². The number of hydrogen-bond acceptors (Lipinski definition) is 2. The monoisotopic (exact) mass is 314 g/mol. The Morgan fingerprint density at radius 1 is 1.18 bits per heavy atom. The van der Waals surface area contributed by atoms with Crippen molar-refractivity contribution in [3.8, 4) is 0 Å². The van der Waals surface area contributed by atoms with Gasteiger partial charge in [0.1, 0.15) is 0 Å². The molecule has 1 aromatic rings. The lowest BCUT2D eigenvalue weighted by molar-refractivity contribution is -0.147. The Balaban J connectivity index is 1.89. The van der Waals surface area contributed by atoms with Gasteiger partial charge in [-0.25, -0.2) is 0 Å². The van der Waals surface area contributed by atoms with Gasteiger partial charge in [0.15, 0.2) is 0 Å². The van der Waals surface area contributed by atoms with Crippen LogP contribution in [0, 0.1) is 5.92 Å². The molecular weight excluding hydrogens is 293 g/mol. The standard InChI is InChI=1S/C16H21F3N2O/c17-16(18,19)11-13-6-9-21(10-7-13)15(22)14-3-1-12(2-4-14)5-8-20/h1-4,13H,5-11,20H2. The Kier molecular flexibility index (Phi) is 5.45. The third-order valence-electron chi connectivity index (χ3n) is 4.06. The van der Waals surface area contributed by atoms with Gasteiger partial charge in [-0.15, -0.1) is 0 Å². The fourth-order valence-electron chi connectivity index (χ4n) is 2.83. The maximum Gasteiger partial charge on any atom is 0.389 e. The molecule has 0 bridgehead atoms. The molecule has 0 radical (unpaired) electrons. The SMILES string of the molecule is NCCc1ccc(C(=O)N2CCC(CC(F)(F)F)CC2)cc1. The summed E-state index contributed by atoms with van der Waals surface area (Å²) < 4.78 is 37.1. The predicted molar refractivity (Wildman–Crippen MR) is 78.5 cm³/mol. The van der Waals surface area contributed by atoms with Gasteiger partial charge in [-0.05, 0) is 49.4 Å². The van der Waals surface area contributed by atoms with E-state index in [-0.39, 0.29) is 11.8 Å². The quantitative estimate of drug-likeness (QED) is 0.928. The molecule has 22 heavy (non-hydrogen) atoms. The molecule has 0 spiro atoms. The van der Waals surface area contributed by atoms with Crippen molar-refractivity contribution in [2.24, 2.45) is 11.7 Å². The lowest BCUT2D eigenvalue weighted by atomic mass is 9.93. The number of amides is 1. The highest BCUT2D eigenvalue weighted by Gasteiger charge is 2.34. The molecule has 3 nitrogen and oxygen atoms in total. The minimum Gasteiger partial charge on any atom is -0.339 e. The first kappa shape index (κ1) is 16.8. The van der Waals surface area contributed by atoms with E-state index in [1.807, 2.05) is 12.1 Å². The van der Waals surface area contributed by atoms with Gasteiger partial charge in [0, 0.05) is 25.1 Å². The zero-order valence-corrected chi connectivity index (χ0v) is 12.4. The zero-order chi connectivity index (χ0) is 16.2. The second kappa shape index (κ2) is 7.13. The minimum atomic E-state index is -4.12. The van der Waals surface area contributed by atoms with E-state index in [0.717, 1.165) is 12.0 Å². The number of piperidine rings is 1. The van der Waals surface area contributed by atoms with E-state index in [9.17, 15) is 18.0 Å². The topological polar surface area (TPSA) is 46.3 Å². The molecule has 1 aromatic carbocycles. The normalized spacial score (nSPS) is 16.8. The molecule has 2 rings (SSSR count). The van der Waals surface area contributed by atoms with Crippen LogP contribution in [-0.4, -0.2) is 36.6 Å². The van der Waals surface area contributed by atoms with E-state index in [1.54, 1.807) is 17.0 Å². The molecule has 0 aliphatic carbocycles. The van der Waals surface area contributed by atoms with E-state index in [2.05, 4.69) is 0 Å². The molecule has 1 amide bonds. The molecule has 1 aliphatic rings. The van der Waals surface area contributed by atoms with Crippen LogP contribution in [0.2, 0.25) is 0 Å². The number of rotatable bonds is 4. The van der Waals surface area contributed by atoms with Crippen LogP contribution < -0.4 is 5.73 Å². The van der Waals surface area contributed by atoms with Crippen molar-refractivity contribution in [3.05, 3.63) is 35.4 Å². The maximum absolute atomic E-state index is 12.4. The minimum absolute atomic E-state index is 0.107. The van der Waals surface area contributed by atoms with Gasteiger partial charge in [-0.3, -0.25) is 4.79 Å². The summed E-state index contributed by atoms with van der Waals surface area (Å²) in [6, 6.07) is 7.26. The summed E-state index contributed by atoms with van der Waals surface area (Å²) in [7, 11) is 0. The van der Waals surface area contributed by atoms with Crippen LogP contribution in [0.5, 0.6) is 0 Å². The van der Waals surface area contributed by atoms with Gasteiger partial charge in [0.2, 0.25) is 0 Å². The summed E-state index contributed by atoms with van der Waals surface area (Å²) in [5.41, 5.74) is 7.13. The Bertz CT molecular complexity index is 491. The molecule has 1 heterocycles. The number of likely N-dealkylation sites (tertiary alicyclic amines) is 1. The van der Waals surface area contributed by atoms with Crippen molar-refractivity contribution in [1.82, 2.24) is 4.90 Å². The Morgan fingerprint density at radius 2 is 1.77 bits per heavy atom. The highest BCUT2D eigenvalue weighted by atomic mass is 19.4. The summed E-state index contributed by atoms with van der Waals surface area (Å²) in [6.07, 6.45) is -3.27. The van der Waals surface area contributed by atoms with Gasteiger partial charge >= 0.3 is 6.18 Å². The number of halogens is 3. The molecule has 1 saturated heterocycles. The van der Waals surface area contributed by atoms with E-state index >= 15 is 0 Å². The summed E-state index contributed by atoms with van der Waals surface area (Å²) in [5, 5.41) is 0. The summed E-state index contributed by atoms with van der Waals surface area (Å²) in [4.78, 5) is 14.0. The van der Waals surface area contributed by atoms with Crippen LogP contribution in [0.15, 0.2) is 24.3 Å². The number of nitrogens with two attached hydrogens (primary N) is 1. The third-order valence-corrected chi connectivity index (χ3v) is 4.06. The van der Waals surface area contributed by atoms with Crippen LogP contribution in [0.1, 0.15) is 35.2 Å². The van der Waals surface area contributed by atoms with Gasteiger partial charge in [0.05, 0.1) is 0 Å². The van der Waals surface area contributed by atoms with Gasteiger partial charge < -0.3 is 10.6 Å². The first-order valence-corrected chi connectivity index (χ1v) is 7.54. The van der Waals surface area contributed by atoms with E-state index in [4.69, 9.17) is 5.73 Å². The van der Waals surface area contributed by atoms with E-state index in [1.165, 1.54) is 0 Å². The van der Waals surface area contributed by atoms with Crippen LogP contribution >= 0.6 is 0 Å². The predicted octanol–water partition coefficient (Wildman–Crippen LogP) is 2.99. The average molecular weight is 314 g/mol. The van der Waals surface area contributed by atoms with Crippen molar-refractivity contribution in [2.45, 2.75) is 31.9 Å². The Labute approximate surface area is 128 Å². The molecule has 0 saturated carbocycles. The molecule has 122 valence electrons. The van der Waals surface area contributed by atoms with Gasteiger partial charge in [0.25, 0.3) is 5.91 Å². The summed E-state index contributed by atoms with van der Waals surface area (Å²) >= 11 is 0. The second-order valence-corrected chi connectivity index (χ2v) is 5.79. The highest BCUT2D eigenvalue weighted by molar-refractivity contribution is 5.94. The summed E-state index contributed by atoms with van der Waals surface area (Å²) in [6.45, 7) is 1.34. The molecule has 0 unspecified atom stereocenters. The Hall–Kier alpha value is -1.56. The van der Waals surface area contributed by atoms with Crippen molar-refractivity contribution in [2.75, 3.05) is 19.6 Å². The van der Waals surface area contributed by atoms with Crippen molar-refractivity contribution in [3.63, 3.8) is 0 Å². The first-order chi connectivity index (χ1) is 10.4. The number of carbonyl (C=O) groups is 1. The van der Waals surface area contributed by atoms with Crippen LogP contribution in [0.25, 0.3) is 0 Å². The fraction of sp³-hybridized carbons (Fsp3) is 0.562. The van der Waals surface area contributed by atoms with Gasteiger partial charge in [-0.2, -0.15) is 13.2 Å². The molecule has 1 fully saturated rings. The lowest BCUT2D eigenvalue weighted by Gasteiger charge is -2.32. The highest BCUT2D eigenvalue weighted by Crippen LogP contribution is 2.31. The van der Waals surface area contributed by atoms with E-state index in [0.29, 0.717) is 38.0 Å². The Morgan fingerprint density at radius 3 is 2.27 bits per heavy atom. The average Bonchev–Trinajstić information content (AvgIpc) is 2.47. The molecule has 2 N–H and O–H groups in total. The first-order valence-electron chi connectivity index (χ1n) is 7.54. The van der Waals surface area contributed by atoms with Crippen molar-refractivity contribution >= 4 is 5.91 Å². The van der Waals surface area contributed by atoms with Crippen LogP contribution in [0.4, 0.5) is 13.2 Å². The third kappa shape index (κ3) is 4.73. The lowest BCUT2D eigenvalue weighted by Crippen LogP contribution is -2.39. The smallest absolute Gasteiger partial charge is 0.339 e. The van der Waals surface area contributed by atoms with Crippen LogP contribution in [-0.2, 0) is 6.42 Å². The molecule has 6 heteroatoms. The molecule has 0 aromatic heterocycles. The van der Waals surface area contributed by atoms with Crippen molar-refractivity contribution in [1.29, 1.82) is 0 Å². The van der Waals surface area contributed by atoms with E-state index < -0.39 is 12.6 Å². The fourth-order valence-corrected chi connectivity index (χ4v) is 2.83. The second-order valence-electron chi connectivity index (χ2n) is 5.79. The summed E-state index contributed by atoms with van der Waals surface area (Å²) in [5.74, 6) is -0.472. The molecule has 1 aliphatic heterocycles. The number of carbonyl (C=O) groups excluding carboxylic acids is 1. The number of hydrogen-bond donors (Lipinski definition) is 1. The zero-order valence-electron chi connectivity index (χ0n) is 12.4. The largest absolute Gasteiger partial charge is 0.389 e. The van der Waals surface area contributed by atoms with Crippen molar-refractivity contribution < 1.29 is 18.0 Å². The number of alkyl halides is 3. The van der Waals surface area contributed by atoms with Gasteiger partial charge in [-0.1, -0.05) is 12.1 Å². The molecular formula is C16H21F3N2O. The number of nitrogens with zero attached hydrogens (tertiary/aromatic N) is 1. The number of benzene rings is 1.